The highest BCUT2D eigenvalue weighted by Gasteiger charge is 2.14. The molecule has 4 nitrogen and oxygen atoms in total. The molecule has 0 saturated heterocycles. The molecule has 0 bridgehead atoms. The molecule has 0 aliphatic rings. The minimum absolute atomic E-state index is 0.0272. The Bertz CT molecular complexity index is 1030. The number of rotatable bonds is 4. The summed E-state index contributed by atoms with van der Waals surface area (Å²) in [4.78, 5) is 23.9. The molecule has 0 aromatic heterocycles. The number of hydrogen-bond donors (Lipinski definition) is 2. The number of benzene rings is 3. The molecular formula is C21H15ClFNO3. The number of aromatic carboxylic acids is 1. The molecule has 1 amide bonds. The van der Waals surface area contributed by atoms with E-state index in [1.165, 1.54) is 18.2 Å². The van der Waals surface area contributed by atoms with E-state index in [0.717, 1.165) is 23.3 Å². The number of hydrogen-bond acceptors (Lipinski definition) is 2. The Kier molecular flexibility index (Phi) is 5.23. The van der Waals surface area contributed by atoms with Crippen LogP contribution in [0.1, 0.15) is 26.3 Å². The van der Waals surface area contributed by atoms with Crippen molar-refractivity contribution in [3.63, 3.8) is 0 Å². The third-order valence-corrected chi connectivity index (χ3v) is 4.31. The van der Waals surface area contributed by atoms with Crippen molar-refractivity contribution in [2.75, 3.05) is 5.32 Å². The lowest BCUT2D eigenvalue weighted by atomic mass is 10.0. The number of anilines is 1. The normalized spacial score (nSPS) is 10.5. The first kappa shape index (κ1) is 18.6. The van der Waals surface area contributed by atoms with Crippen LogP contribution in [0.15, 0.2) is 60.7 Å². The van der Waals surface area contributed by atoms with Crippen molar-refractivity contribution in [2.24, 2.45) is 0 Å². The summed E-state index contributed by atoms with van der Waals surface area (Å²) < 4.78 is 13.2. The van der Waals surface area contributed by atoms with Crippen molar-refractivity contribution >= 4 is 29.2 Å². The smallest absolute Gasteiger partial charge is 0.335 e. The van der Waals surface area contributed by atoms with E-state index in [0.29, 0.717) is 11.3 Å². The molecule has 6 heteroatoms. The Labute approximate surface area is 160 Å². The van der Waals surface area contributed by atoms with Gasteiger partial charge in [0.15, 0.2) is 0 Å². The molecule has 136 valence electrons. The van der Waals surface area contributed by atoms with E-state index in [1.807, 2.05) is 31.2 Å². The molecule has 0 saturated carbocycles. The van der Waals surface area contributed by atoms with Gasteiger partial charge in [-0.25, -0.2) is 9.18 Å². The summed E-state index contributed by atoms with van der Waals surface area (Å²) in [6.45, 7) is 1.95. The summed E-state index contributed by atoms with van der Waals surface area (Å²) >= 11 is 5.92. The molecular weight excluding hydrogens is 369 g/mol. The Balaban J connectivity index is 1.98. The van der Waals surface area contributed by atoms with Gasteiger partial charge >= 0.3 is 5.97 Å². The molecule has 3 rings (SSSR count). The first-order valence-electron chi connectivity index (χ1n) is 8.05. The van der Waals surface area contributed by atoms with Crippen LogP contribution in [0.25, 0.3) is 11.1 Å². The highest BCUT2D eigenvalue weighted by atomic mass is 35.5. The van der Waals surface area contributed by atoms with E-state index in [1.54, 1.807) is 6.07 Å². The van der Waals surface area contributed by atoms with Crippen molar-refractivity contribution in [3.8, 4) is 11.1 Å². The molecule has 3 aromatic rings. The molecule has 0 heterocycles. The van der Waals surface area contributed by atoms with Gasteiger partial charge in [0.25, 0.3) is 5.91 Å². The maximum atomic E-state index is 13.2. The molecule has 0 aliphatic carbocycles. The number of carbonyl (C=O) groups is 2. The van der Waals surface area contributed by atoms with Gasteiger partial charge < -0.3 is 10.4 Å². The second-order valence-corrected chi connectivity index (χ2v) is 6.46. The average Bonchev–Trinajstić information content (AvgIpc) is 2.61. The van der Waals surface area contributed by atoms with Gasteiger partial charge in [-0.3, -0.25) is 4.79 Å². The van der Waals surface area contributed by atoms with Crippen LogP contribution in [-0.2, 0) is 0 Å². The summed E-state index contributed by atoms with van der Waals surface area (Å²) in [6.07, 6.45) is 0. The molecule has 0 aliphatic heterocycles. The molecule has 2 N–H and O–H groups in total. The third-order valence-electron chi connectivity index (χ3n) is 4.00. The van der Waals surface area contributed by atoms with Gasteiger partial charge in [-0.05, 0) is 54.4 Å². The van der Waals surface area contributed by atoms with Crippen molar-refractivity contribution in [3.05, 3.63) is 88.2 Å². The monoisotopic (exact) mass is 383 g/mol. The number of nitrogens with one attached hydrogen (secondary N) is 1. The van der Waals surface area contributed by atoms with E-state index >= 15 is 0 Å². The van der Waals surface area contributed by atoms with Crippen LogP contribution in [-0.4, -0.2) is 17.0 Å². The van der Waals surface area contributed by atoms with Crippen molar-refractivity contribution < 1.29 is 19.1 Å². The number of aryl methyl sites for hydroxylation is 1. The lowest BCUT2D eigenvalue weighted by Crippen LogP contribution is -2.13. The fourth-order valence-corrected chi connectivity index (χ4v) is 2.86. The Morgan fingerprint density at radius 2 is 1.67 bits per heavy atom. The van der Waals surface area contributed by atoms with Crippen LogP contribution in [0.4, 0.5) is 10.1 Å². The highest BCUT2D eigenvalue weighted by Crippen LogP contribution is 2.26. The Morgan fingerprint density at radius 1 is 0.963 bits per heavy atom. The lowest BCUT2D eigenvalue weighted by Gasteiger charge is -2.11. The van der Waals surface area contributed by atoms with Crippen LogP contribution in [0.3, 0.4) is 0 Å². The van der Waals surface area contributed by atoms with Crippen molar-refractivity contribution in [1.82, 2.24) is 0 Å². The number of carboxylic acid groups (broad SMARTS) is 1. The van der Waals surface area contributed by atoms with Crippen molar-refractivity contribution in [1.29, 1.82) is 0 Å². The van der Waals surface area contributed by atoms with E-state index < -0.39 is 17.7 Å². The SMILES string of the molecule is Cc1ccc(-c2cc(NC(=O)c3ccc(F)cc3Cl)cc(C(=O)O)c2)cc1. The summed E-state index contributed by atoms with van der Waals surface area (Å²) in [7, 11) is 0. The van der Waals surface area contributed by atoms with Gasteiger partial charge in [-0.1, -0.05) is 41.4 Å². The standard InChI is InChI=1S/C21H15ClFNO3/c1-12-2-4-13(5-3-12)14-8-15(21(26)27)10-17(9-14)24-20(25)18-7-6-16(23)11-19(18)22/h2-11H,1H3,(H,24,25)(H,26,27). The maximum Gasteiger partial charge on any atom is 0.335 e. The van der Waals surface area contributed by atoms with Crippen LogP contribution in [0.5, 0.6) is 0 Å². The van der Waals surface area contributed by atoms with Crippen LogP contribution in [0, 0.1) is 12.7 Å². The van der Waals surface area contributed by atoms with Crippen molar-refractivity contribution in [2.45, 2.75) is 6.92 Å². The lowest BCUT2D eigenvalue weighted by molar-refractivity contribution is 0.0696. The first-order chi connectivity index (χ1) is 12.8. The second-order valence-electron chi connectivity index (χ2n) is 6.05. The van der Waals surface area contributed by atoms with E-state index in [4.69, 9.17) is 11.6 Å². The van der Waals surface area contributed by atoms with Crippen LogP contribution < -0.4 is 5.32 Å². The minimum Gasteiger partial charge on any atom is -0.478 e. The first-order valence-corrected chi connectivity index (χ1v) is 8.43. The predicted octanol–water partition coefficient (Wildman–Crippen LogP) is 5.41. The summed E-state index contributed by atoms with van der Waals surface area (Å²) in [5, 5.41) is 12.0. The third kappa shape index (κ3) is 4.33. The maximum absolute atomic E-state index is 13.2. The van der Waals surface area contributed by atoms with Gasteiger partial charge in [0, 0.05) is 5.69 Å². The number of amides is 1. The Hall–Kier alpha value is -3.18. The van der Waals surface area contributed by atoms with Gasteiger partial charge in [0.1, 0.15) is 5.82 Å². The fourth-order valence-electron chi connectivity index (χ4n) is 2.61. The molecule has 27 heavy (non-hydrogen) atoms. The number of halogens is 2. The van der Waals surface area contributed by atoms with E-state index in [-0.39, 0.29) is 16.1 Å². The largest absolute Gasteiger partial charge is 0.478 e. The summed E-state index contributed by atoms with van der Waals surface area (Å²) in [6, 6.07) is 15.6. The van der Waals surface area contributed by atoms with Gasteiger partial charge in [0.2, 0.25) is 0 Å². The molecule has 0 unspecified atom stereocenters. The minimum atomic E-state index is -1.11. The van der Waals surface area contributed by atoms with Gasteiger partial charge in [-0.15, -0.1) is 0 Å². The number of carboxylic acids is 1. The van der Waals surface area contributed by atoms with E-state index in [2.05, 4.69) is 5.32 Å². The topological polar surface area (TPSA) is 66.4 Å². The molecule has 0 fully saturated rings. The average molecular weight is 384 g/mol. The van der Waals surface area contributed by atoms with Crippen LogP contribution >= 0.6 is 11.6 Å². The zero-order valence-electron chi connectivity index (χ0n) is 14.3. The molecule has 3 aromatic carbocycles. The quantitative estimate of drug-likeness (QED) is 0.633. The fraction of sp³-hybridized carbons (Fsp3) is 0.0476. The van der Waals surface area contributed by atoms with Gasteiger partial charge in [-0.2, -0.15) is 0 Å². The zero-order chi connectivity index (χ0) is 19.6. The summed E-state index contributed by atoms with van der Waals surface area (Å²) in [5.41, 5.74) is 2.97. The van der Waals surface area contributed by atoms with E-state index in [9.17, 15) is 19.1 Å². The summed E-state index contributed by atoms with van der Waals surface area (Å²) in [5.74, 6) is -2.22. The predicted molar refractivity (Wildman–Crippen MR) is 103 cm³/mol. The second kappa shape index (κ2) is 7.60. The molecule has 0 atom stereocenters. The molecule has 0 radical (unpaired) electrons. The highest BCUT2D eigenvalue weighted by molar-refractivity contribution is 6.34. The molecule has 0 spiro atoms. The Morgan fingerprint density at radius 3 is 2.30 bits per heavy atom. The number of carbonyl (C=O) groups excluding carboxylic acids is 1. The van der Waals surface area contributed by atoms with Gasteiger partial charge in [0.05, 0.1) is 16.1 Å². The zero-order valence-corrected chi connectivity index (χ0v) is 15.0. The van der Waals surface area contributed by atoms with Crippen LogP contribution in [0.2, 0.25) is 5.02 Å².